The first-order valence-corrected chi connectivity index (χ1v) is 6.92. The molecule has 2 atom stereocenters. The van der Waals surface area contributed by atoms with Crippen molar-refractivity contribution >= 4 is 22.3 Å². The molecule has 2 aliphatic rings. The highest BCUT2D eigenvalue weighted by Crippen LogP contribution is 2.40. The van der Waals surface area contributed by atoms with Gasteiger partial charge in [0.1, 0.15) is 0 Å². The number of nitrogen functional groups attached to an aromatic ring is 1. The van der Waals surface area contributed by atoms with Gasteiger partial charge in [0.15, 0.2) is 0 Å². The van der Waals surface area contributed by atoms with E-state index in [4.69, 9.17) is 10.5 Å². The summed E-state index contributed by atoms with van der Waals surface area (Å²) < 4.78 is 5.85. The fraction of sp³-hybridized carbons (Fsp3) is 0.500. The van der Waals surface area contributed by atoms with Crippen LogP contribution < -0.4 is 11.1 Å². The van der Waals surface area contributed by atoms with Crippen LogP contribution >= 0.6 is 0 Å². The first kappa shape index (κ1) is 11.1. The molecule has 1 aromatic carbocycles. The Hall–Kier alpha value is -1.75. The summed E-state index contributed by atoms with van der Waals surface area (Å²) in [6, 6.07) is 4.39. The summed E-state index contributed by atoms with van der Waals surface area (Å²) in [6.07, 6.45) is 5.82. The maximum absolute atomic E-state index is 6.12. The van der Waals surface area contributed by atoms with Crippen molar-refractivity contribution in [3.05, 3.63) is 18.3 Å². The molecular formula is C14H18N4O. The molecule has 0 bridgehead atoms. The van der Waals surface area contributed by atoms with Crippen molar-refractivity contribution in [2.75, 3.05) is 17.7 Å². The zero-order valence-corrected chi connectivity index (χ0v) is 10.7. The zero-order chi connectivity index (χ0) is 12.8. The Kier molecular flexibility index (Phi) is 2.41. The van der Waals surface area contributed by atoms with Gasteiger partial charge in [0, 0.05) is 12.0 Å². The zero-order valence-electron chi connectivity index (χ0n) is 10.7. The number of benzene rings is 1. The van der Waals surface area contributed by atoms with Crippen LogP contribution in [0.25, 0.3) is 10.9 Å². The average molecular weight is 258 g/mol. The van der Waals surface area contributed by atoms with E-state index >= 15 is 0 Å². The number of aromatic amines is 1. The molecule has 0 amide bonds. The number of nitrogens with one attached hydrogen (secondary N) is 2. The summed E-state index contributed by atoms with van der Waals surface area (Å²) in [5.41, 5.74) is 8.89. The predicted molar refractivity (Wildman–Crippen MR) is 75.0 cm³/mol. The number of rotatable bonds is 3. The Bertz CT molecular complexity index is 605. The highest BCUT2D eigenvalue weighted by atomic mass is 16.5. The van der Waals surface area contributed by atoms with E-state index in [1.54, 1.807) is 6.20 Å². The second kappa shape index (κ2) is 4.13. The molecule has 5 heteroatoms. The molecule has 5 nitrogen and oxygen atoms in total. The summed E-state index contributed by atoms with van der Waals surface area (Å²) >= 11 is 0. The molecule has 2 fully saturated rings. The lowest BCUT2D eigenvalue weighted by atomic mass is 10.1. The molecule has 2 heterocycles. The van der Waals surface area contributed by atoms with Crippen molar-refractivity contribution < 1.29 is 4.74 Å². The molecule has 19 heavy (non-hydrogen) atoms. The van der Waals surface area contributed by atoms with Gasteiger partial charge < -0.3 is 15.8 Å². The monoisotopic (exact) mass is 258 g/mol. The van der Waals surface area contributed by atoms with Gasteiger partial charge in [-0.1, -0.05) is 0 Å². The smallest absolute Gasteiger partial charge is 0.0804 e. The number of nitrogens with zero attached hydrogens (tertiary/aromatic N) is 1. The Labute approximate surface area is 111 Å². The molecule has 100 valence electrons. The summed E-state index contributed by atoms with van der Waals surface area (Å²) in [7, 11) is 0. The van der Waals surface area contributed by atoms with E-state index in [0.29, 0.717) is 12.1 Å². The molecule has 2 unspecified atom stereocenters. The molecule has 1 aliphatic heterocycles. The van der Waals surface area contributed by atoms with Crippen molar-refractivity contribution in [2.24, 2.45) is 5.92 Å². The van der Waals surface area contributed by atoms with Crippen molar-refractivity contribution in [3.63, 3.8) is 0 Å². The van der Waals surface area contributed by atoms with Gasteiger partial charge >= 0.3 is 0 Å². The molecule has 1 aliphatic carbocycles. The van der Waals surface area contributed by atoms with Gasteiger partial charge in [0.05, 0.1) is 35.2 Å². The summed E-state index contributed by atoms with van der Waals surface area (Å²) in [4.78, 5) is 0. The number of nitrogens with two attached hydrogens (primary N) is 1. The normalized spacial score (nSPS) is 26.9. The highest BCUT2D eigenvalue weighted by molar-refractivity contribution is 5.88. The number of fused-ring (bicyclic) bond motifs is 1. The van der Waals surface area contributed by atoms with Crippen LogP contribution in [0.5, 0.6) is 0 Å². The van der Waals surface area contributed by atoms with E-state index in [2.05, 4.69) is 15.5 Å². The van der Waals surface area contributed by atoms with Crippen molar-refractivity contribution in [1.29, 1.82) is 0 Å². The highest BCUT2D eigenvalue weighted by Gasteiger charge is 2.40. The number of ether oxygens (including phenoxy) is 1. The number of anilines is 2. The molecule has 4 N–H and O–H groups in total. The van der Waals surface area contributed by atoms with Crippen molar-refractivity contribution in [3.8, 4) is 0 Å². The first-order chi connectivity index (χ1) is 9.31. The molecule has 1 aromatic heterocycles. The maximum atomic E-state index is 6.12. The van der Waals surface area contributed by atoms with Crippen molar-refractivity contribution in [1.82, 2.24) is 10.2 Å². The van der Waals surface area contributed by atoms with Crippen molar-refractivity contribution in [2.45, 2.75) is 31.4 Å². The molecule has 2 aromatic rings. The minimum atomic E-state index is 0.358. The molecular weight excluding hydrogens is 240 g/mol. The largest absolute Gasteiger partial charge is 0.397 e. The fourth-order valence-corrected chi connectivity index (χ4v) is 2.99. The van der Waals surface area contributed by atoms with Crippen LogP contribution in [-0.4, -0.2) is 29.0 Å². The SMILES string of the molecule is Nc1cc2cn[nH]c2cc1NC1CCOC1C1CC1. The van der Waals surface area contributed by atoms with Crippen LogP contribution in [0, 0.1) is 5.92 Å². The van der Waals surface area contributed by atoms with E-state index in [1.807, 2.05) is 12.1 Å². The number of hydrogen-bond donors (Lipinski definition) is 3. The Morgan fingerprint density at radius 2 is 2.21 bits per heavy atom. The van der Waals surface area contributed by atoms with E-state index < -0.39 is 0 Å². The second-order valence-electron chi connectivity index (χ2n) is 5.61. The third-order valence-corrected chi connectivity index (χ3v) is 4.17. The van der Waals surface area contributed by atoms with Gasteiger partial charge in [-0.15, -0.1) is 0 Å². The molecule has 1 saturated heterocycles. The lowest BCUT2D eigenvalue weighted by molar-refractivity contribution is 0.0898. The minimum absolute atomic E-state index is 0.358. The number of H-pyrrole nitrogens is 1. The minimum Gasteiger partial charge on any atom is -0.397 e. The van der Waals surface area contributed by atoms with E-state index in [9.17, 15) is 0 Å². The quantitative estimate of drug-likeness (QED) is 0.737. The average Bonchev–Trinajstić information content (AvgIpc) is 2.97. The lowest BCUT2D eigenvalue weighted by Gasteiger charge is -2.21. The van der Waals surface area contributed by atoms with Gasteiger partial charge in [0.25, 0.3) is 0 Å². The van der Waals surface area contributed by atoms with Crippen LogP contribution in [0.15, 0.2) is 18.3 Å². The Morgan fingerprint density at radius 1 is 1.32 bits per heavy atom. The fourth-order valence-electron chi connectivity index (χ4n) is 2.99. The maximum Gasteiger partial charge on any atom is 0.0804 e. The predicted octanol–water partition coefficient (Wildman–Crippen LogP) is 2.12. The third-order valence-electron chi connectivity index (χ3n) is 4.17. The summed E-state index contributed by atoms with van der Waals surface area (Å²) in [5.74, 6) is 0.747. The molecule has 0 radical (unpaired) electrons. The Balaban J connectivity index is 1.61. The van der Waals surface area contributed by atoms with Crippen LogP contribution in [0.4, 0.5) is 11.4 Å². The second-order valence-corrected chi connectivity index (χ2v) is 5.61. The van der Waals surface area contributed by atoms with Gasteiger partial charge in [-0.3, -0.25) is 5.10 Å². The molecule has 1 saturated carbocycles. The van der Waals surface area contributed by atoms with Gasteiger partial charge in [-0.25, -0.2) is 0 Å². The van der Waals surface area contributed by atoms with E-state index in [0.717, 1.165) is 41.2 Å². The standard InChI is InChI=1S/C14H18N4O/c15-10-5-9-7-16-18-12(9)6-13(10)17-11-3-4-19-14(11)8-1-2-8/h5-8,11,14,17H,1-4,15H2,(H,16,18). The van der Waals surface area contributed by atoms with E-state index in [1.165, 1.54) is 12.8 Å². The third kappa shape index (κ3) is 1.94. The summed E-state index contributed by atoms with van der Waals surface area (Å²) in [6.45, 7) is 0.852. The van der Waals surface area contributed by atoms with E-state index in [-0.39, 0.29) is 0 Å². The van der Waals surface area contributed by atoms with Gasteiger partial charge in [0.2, 0.25) is 0 Å². The number of hydrogen-bond acceptors (Lipinski definition) is 4. The van der Waals surface area contributed by atoms with Gasteiger partial charge in [-0.2, -0.15) is 5.10 Å². The molecule has 4 rings (SSSR count). The topological polar surface area (TPSA) is 76.0 Å². The lowest BCUT2D eigenvalue weighted by Crippen LogP contribution is -2.31. The van der Waals surface area contributed by atoms with Crippen LogP contribution in [-0.2, 0) is 4.74 Å². The Morgan fingerprint density at radius 3 is 3.05 bits per heavy atom. The summed E-state index contributed by atoms with van der Waals surface area (Å²) in [5, 5.41) is 11.6. The van der Waals surface area contributed by atoms with Crippen LogP contribution in [0.3, 0.4) is 0 Å². The number of aromatic nitrogens is 2. The van der Waals surface area contributed by atoms with Gasteiger partial charge in [-0.05, 0) is 37.3 Å². The van der Waals surface area contributed by atoms with Crippen LogP contribution in [0.2, 0.25) is 0 Å². The first-order valence-electron chi connectivity index (χ1n) is 6.92. The van der Waals surface area contributed by atoms with Crippen LogP contribution in [0.1, 0.15) is 19.3 Å². The molecule has 0 spiro atoms.